The zero-order valence-electron chi connectivity index (χ0n) is 8.81. The summed E-state index contributed by atoms with van der Waals surface area (Å²) < 4.78 is 1.67. The normalized spacial score (nSPS) is 12.1. The Kier molecular flexibility index (Phi) is 4.07. The summed E-state index contributed by atoms with van der Waals surface area (Å²) in [5.41, 5.74) is 6.19. The zero-order valence-corrected chi connectivity index (χ0v) is 8.81. The van der Waals surface area contributed by atoms with Gasteiger partial charge in [-0.15, -0.1) is 12.3 Å². The Morgan fingerprint density at radius 2 is 2.53 bits per heavy atom. The minimum absolute atomic E-state index is 0.140. The molecular weight excluding hydrogens is 190 g/mol. The van der Waals surface area contributed by atoms with E-state index < -0.39 is 6.04 Å². The molecule has 0 aliphatic heterocycles. The van der Waals surface area contributed by atoms with Crippen molar-refractivity contribution in [1.82, 2.24) is 9.78 Å². The third-order valence-corrected chi connectivity index (χ3v) is 2.08. The first-order chi connectivity index (χ1) is 7.20. The molecule has 0 bridgehead atoms. The summed E-state index contributed by atoms with van der Waals surface area (Å²) in [7, 11) is 0. The van der Waals surface area contributed by atoms with Crippen LogP contribution in [0.25, 0.3) is 0 Å². The minimum atomic E-state index is -0.623. The van der Waals surface area contributed by atoms with Crippen molar-refractivity contribution in [3.63, 3.8) is 0 Å². The van der Waals surface area contributed by atoms with Crippen LogP contribution in [0.15, 0.2) is 12.3 Å². The highest BCUT2D eigenvalue weighted by Crippen LogP contribution is 2.05. The van der Waals surface area contributed by atoms with Crippen molar-refractivity contribution in [3.8, 4) is 12.3 Å². The van der Waals surface area contributed by atoms with Crippen molar-refractivity contribution < 1.29 is 4.79 Å². The van der Waals surface area contributed by atoms with Gasteiger partial charge in [0.2, 0.25) is 0 Å². The molecule has 0 amide bonds. The molecule has 1 atom stereocenters. The Bertz CT molecular complexity index is 375. The molecular formula is C11H15N3O. The van der Waals surface area contributed by atoms with Gasteiger partial charge in [0.15, 0.2) is 5.78 Å². The minimum Gasteiger partial charge on any atom is -0.320 e. The molecule has 1 aromatic heterocycles. The van der Waals surface area contributed by atoms with Gasteiger partial charge in [0.1, 0.15) is 5.69 Å². The first-order valence-electron chi connectivity index (χ1n) is 4.95. The van der Waals surface area contributed by atoms with Gasteiger partial charge in [-0.1, -0.05) is 6.92 Å². The molecule has 4 nitrogen and oxygen atoms in total. The van der Waals surface area contributed by atoms with Crippen molar-refractivity contribution in [2.45, 2.75) is 32.4 Å². The molecule has 0 aliphatic rings. The van der Waals surface area contributed by atoms with Crippen molar-refractivity contribution in [3.05, 3.63) is 18.0 Å². The molecule has 0 fully saturated rings. The number of Topliss-reactive ketones (excluding diaryl/α,β-unsaturated/α-hetero) is 1. The van der Waals surface area contributed by atoms with E-state index in [-0.39, 0.29) is 12.2 Å². The number of carbonyl (C=O) groups excluding carboxylic acids is 1. The molecule has 0 spiro atoms. The van der Waals surface area contributed by atoms with Crippen molar-refractivity contribution in [1.29, 1.82) is 0 Å². The fourth-order valence-corrected chi connectivity index (χ4v) is 1.34. The first-order valence-corrected chi connectivity index (χ1v) is 4.95. The van der Waals surface area contributed by atoms with Crippen LogP contribution in [0, 0.1) is 12.3 Å². The average Bonchev–Trinajstić information content (AvgIpc) is 2.66. The third kappa shape index (κ3) is 2.67. The van der Waals surface area contributed by atoms with Gasteiger partial charge in [-0.3, -0.25) is 9.48 Å². The molecule has 80 valence electrons. The number of nitrogens with two attached hydrogens (primary N) is 1. The molecule has 4 heteroatoms. The SMILES string of the molecule is C#CCC(N)C(=O)c1ccnn1CCC. The number of hydrogen-bond donors (Lipinski definition) is 1. The molecule has 0 saturated carbocycles. The van der Waals surface area contributed by atoms with E-state index >= 15 is 0 Å². The Morgan fingerprint density at radius 1 is 1.80 bits per heavy atom. The Balaban J connectivity index is 2.82. The molecule has 0 radical (unpaired) electrons. The van der Waals surface area contributed by atoms with Gasteiger partial charge in [0, 0.05) is 19.2 Å². The topological polar surface area (TPSA) is 60.9 Å². The summed E-state index contributed by atoms with van der Waals surface area (Å²) in [6.07, 6.45) is 7.90. The number of terminal acetylenes is 1. The zero-order chi connectivity index (χ0) is 11.3. The van der Waals surface area contributed by atoms with E-state index in [4.69, 9.17) is 12.2 Å². The van der Waals surface area contributed by atoms with Gasteiger partial charge in [-0.25, -0.2) is 0 Å². The van der Waals surface area contributed by atoms with E-state index in [1.807, 2.05) is 6.92 Å². The Labute approximate surface area is 89.5 Å². The monoisotopic (exact) mass is 205 g/mol. The van der Waals surface area contributed by atoms with Crippen molar-refractivity contribution in [2.24, 2.45) is 5.73 Å². The molecule has 1 aromatic rings. The highest BCUT2D eigenvalue weighted by atomic mass is 16.1. The second-order valence-electron chi connectivity index (χ2n) is 3.32. The van der Waals surface area contributed by atoms with Gasteiger partial charge >= 0.3 is 0 Å². The van der Waals surface area contributed by atoms with Gasteiger partial charge in [-0.2, -0.15) is 5.10 Å². The number of rotatable bonds is 5. The van der Waals surface area contributed by atoms with E-state index in [1.165, 1.54) is 0 Å². The van der Waals surface area contributed by atoms with Crippen LogP contribution in [0.3, 0.4) is 0 Å². The van der Waals surface area contributed by atoms with E-state index in [2.05, 4.69) is 11.0 Å². The van der Waals surface area contributed by atoms with Crippen LogP contribution in [0.1, 0.15) is 30.3 Å². The van der Waals surface area contributed by atoms with Crippen LogP contribution in [-0.2, 0) is 6.54 Å². The van der Waals surface area contributed by atoms with Gasteiger partial charge in [0.25, 0.3) is 0 Å². The molecule has 1 unspecified atom stereocenters. The average molecular weight is 205 g/mol. The number of hydrogen-bond acceptors (Lipinski definition) is 3. The summed E-state index contributed by atoms with van der Waals surface area (Å²) in [5, 5.41) is 4.06. The van der Waals surface area contributed by atoms with E-state index in [1.54, 1.807) is 16.9 Å². The molecule has 0 saturated heterocycles. The fraction of sp³-hybridized carbons (Fsp3) is 0.455. The second kappa shape index (κ2) is 5.32. The lowest BCUT2D eigenvalue weighted by atomic mass is 10.1. The maximum Gasteiger partial charge on any atom is 0.198 e. The van der Waals surface area contributed by atoms with Gasteiger partial charge < -0.3 is 5.73 Å². The molecule has 15 heavy (non-hydrogen) atoms. The lowest BCUT2D eigenvalue weighted by Crippen LogP contribution is -2.31. The summed E-state index contributed by atoms with van der Waals surface area (Å²) in [6.45, 7) is 2.74. The van der Waals surface area contributed by atoms with Crippen LogP contribution in [-0.4, -0.2) is 21.6 Å². The van der Waals surface area contributed by atoms with Crippen LogP contribution in [0.5, 0.6) is 0 Å². The molecule has 1 heterocycles. The van der Waals surface area contributed by atoms with E-state index in [9.17, 15) is 4.79 Å². The number of aromatic nitrogens is 2. The van der Waals surface area contributed by atoms with Gasteiger partial charge in [0.05, 0.1) is 6.04 Å². The molecule has 1 rings (SSSR count). The third-order valence-electron chi connectivity index (χ3n) is 2.08. The molecule has 2 N–H and O–H groups in total. The van der Waals surface area contributed by atoms with Crippen LogP contribution < -0.4 is 5.73 Å². The molecule has 0 aromatic carbocycles. The predicted octanol–water partition coefficient (Wildman–Crippen LogP) is 0.826. The summed E-state index contributed by atoms with van der Waals surface area (Å²) in [4.78, 5) is 11.8. The quantitative estimate of drug-likeness (QED) is 0.572. The summed E-state index contributed by atoms with van der Waals surface area (Å²) >= 11 is 0. The first kappa shape index (κ1) is 11.5. The number of carbonyl (C=O) groups is 1. The van der Waals surface area contributed by atoms with Gasteiger partial charge in [-0.05, 0) is 12.5 Å². The number of nitrogens with zero attached hydrogens (tertiary/aromatic N) is 2. The fourth-order valence-electron chi connectivity index (χ4n) is 1.34. The summed E-state index contributed by atoms with van der Waals surface area (Å²) in [5.74, 6) is 2.25. The maximum absolute atomic E-state index is 11.8. The van der Waals surface area contributed by atoms with E-state index in [0.29, 0.717) is 5.69 Å². The second-order valence-corrected chi connectivity index (χ2v) is 3.32. The number of ketones is 1. The highest BCUT2D eigenvalue weighted by molar-refractivity contribution is 5.98. The largest absolute Gasteiger partial charge is 0.320 e. The Hall–Kier alpha value is -1.60. The lowest BCUT2D eigenvalue weighted by Gasteiger charge is -2.08. The maximum atomic E-state index is 11.8. The van der Waals surface area contributed by atoms with Crippen molar-refractivity contribution >= 4 is 5.78 Å². The smallest absolute Gasteiger partial charge is 0.198 e. The lowest BCUT2D eigenvalue weighted by molar-refractivity contribution is 0.0952. The van der Waals surface area contributed by atoms with Crippen LogP contribution >= 0.6 is 0 Å². The van der Waals surface area contributed by atoms with Crippen molar-refractivity contribution in [2.75, 3.05) is 0 Å². The number of aryl methyl sites for hydroxylation is 1. The Morgan fingerprint density at radius 3 is 3.13 bits per heavy atom. The predicted molar refractivity (Wildman–Crippen MR) is 58.3 cm³/mol. The van der Waals surface area contributed by atoms with Crippen LogP contribution in [0.4, 0.5) is 0 Å². The molecule has 0 aliphatic carbocycles. The van der Waals surface area contributed by atoms with Crippen LogP contribution in [0.2, 0.25) is 0 Å². The highest BCUT2D eigenvalue weighted by Gasteiger charge is 2.18. The standard InChI is InChI=1S/C11H15N3O/c1-3-5-9(12)11(15)10-6-7-13-14(10)8-4-2/h1,6-7,9H,4-5,8,12H2,2H3. The summed E-state index contributed by atoms with van der Waals surface area (Å²) in [6, 6.07) is 1.05. The van der Waals surface area contributed by atoms with E-state index in [0.717, 1.165) is 13.0 Å².